The van der Waals surface area contributed by atoms with Gasteiger partial charge in [-0.1, -0.05) is 13.8 Å². The van der Waals surface area contributed by atoms with Crippen LogP contribution < -0.4 is 10.1 Å². The molecule has 0 fully saturated rings. The van der Waals surface area contributed by atoms with E-state index in [1.54, 1.807) is 0 Å². The highest BCUT2D eigenvalue weighted by molar-refractivity contribution is 7.90. The summed E-state index contributed by atoms with van der Waals surface area (Å²) in [5.41, 5.74) is -0.338. The minimum Gasteiger partial charge on any atom is -0.487 e. The van der Waals surface area contributed by atoms with Crippen LogP contribution in [0.1, 0.15) is 20.3 Å². The Morgan fingerprint density at radius 2 is 2.05 bits per heavy atom. The molecule has 0 unspecified atom stereocenters. The average Bonchev–Trinajstić information content (AvgIpc) is 2.36. The predicted molar refractivity (Wildman–Crippen MR) is 79.5 cm³/mol. The molecule has 0 bridgehead atoms. The number of nitro groups is 1. The molecule has 1 aromatic carbocycles. The highest BCUT2D eigenvalue weighted by atomic mass is 32.2. The molecule has 0 aliphatic rings. The fourth-order valence-electron chi connectivity index (χ4n) is 1.64. The Hall–Kier alpha value is -1.67. The van der Waals surface area contributed by atoms with Crippen LogP contribution in [0.25, 0.3) is 0 Å². The summed E-state index contributed by atoms with van der Waals surface area (Å²) in [6.07, 6.45) is 1.70. The smallest absolute Gasteiger partial charge is 0.312 e. The minimum atomic E-state index is -3.48. The van der Waals surface area contributed by atoms with E-state index < -0.39 is 14.8 Å². The van der Waals surface area contributed by atoms with Crippen LogP contribution in [0.2, 0.25) is 0 Å². The highest BCUT2D eigenvalue weighted by Gasteiger charge is 2.19. The predicted octanol–water partition coefficient (Wildman–Crippen LogP) is 1.77. The maximum absolute atomic E-state index is 11.4. The van der Waals surface area contributed by atoms with Gasteiger partial charge in [0.2, 0.25) is 0 Å². The zero-order valence-electron chi connectivity index (χ0n) is 12.3. The number of sulfone groups is 1. The lowest BCUT2D eigenvalue weighted by Gasteiger charge is -2.10. The van der Waals surface area contributed by atoms with Crippen molar-refractivity contribution in [3.63, 3.8) is 0 Å². The quantitative estimate of drug-likeness (QED) is 0.446. The molecule has 0 radical (unpaired) electrons. The summed E-state index contributed by atoms with van der Waals surface area (Å²) in [5.74, 6) is 0.0805. The molecule has 0 aliphatic heterocycles. The van der Waals surface area contributed by atoms with Gasteiger partial charge in [0.1, 0.15) is 0 Å². The monoisotopic (exact) mass is 316 g/mol. The normalized spacial score (nSPS) is 11.6. The van der Waals surface area contributed by atoms with E-state index in [1.807, 2.05) is 13.8 Å². The Morgan fingerprint density at radius 1 is 1.38 bits per heavy atom. The molecule has 0 saturated heterocycles. The van der Waals surface area contributed by atoms with E-state index in [0.29, 0.717) is 19.1 Å². The van der Waals surface area contributed by atoms with Gasteiger partial charge in [-0.15, -0.1) is 0 Å². The van der Waals surface area contributed by atoms with Crippen molar-refractivity contribution in [2.75, 3.05) is 19.4 Å². The molecule has 21 heavy (non-hydrogen) atoms. The molecule has 7 nitrogen and oxygen atoms in total. The number of hydrogen-bond donors (Lipinski definition) is 1. The van der Waals surface area contributed by atoms with E-state index in [2.05, 4.69) is 5.32 Å². The van der Waals surface area contributed by atoms with Crippen LogP contribution in [0.4, 0.5) is 5.69 Å². The van der Waals surface area contributed by atoms with Crippen LogP contribution in [0.15, 0.2) is 23.1 Å². The Kier molecular flexibility index (Phi) is 6.10. The van der Waals surface area contributed by atoms with E-state index in [1.165, 1.54) is 12.1 Å². The number of rotatable bonds is 8. The van der Waals surface area contributed by atoms with Gasteiger partial charge < -0.3 is 10.1 Å². The van der Waals surface area contributed by atoms with Gasteiger partial charge in [0, 0.05) is 18.4 Å². The van der Waals surface area contributed by atoms with E-state index in [0.717, 1.165) is 18.9 Å². The summed E-state index contributed by atoms with van der Waals surface area (Å²) in [6, 6.07) is 4.03. The van der Waals surface area contributed by atoms with Crippen LogP contribution >= 0.6 is 0 Å². The number of nitro benzene ring substituents is 1. The topological polar surface area (TPSA) is 98.5 Å². The second kappa shape index (κ2) is 7.37. The summed E-state index contributed by atoms with van der Waals surface area (Å²) in [6.45, 7) is 5.11. The first kappa shape index (κ1) is 17.4. The van der Waals surface area contributed by atoms with Gasteiger partial charge in [-0.3, -0.25) is 10.1 Å². The summed E-state index contributed by atoms with van der Waals surface area (Å²) in [7, 11) is -3.48. The van der Waals surface area contributed by atoms with Crippen molar-refractivity contribution in [2.45, 2.75) is 31.2 Å². The van der Waals surface area contributed by atoms with Gasteiger partial charge in [-0.05, 0) is 25.1 Å². The van der Waals surface area contributed by atoms with Crippen molar-refractivity contribution in [3.05, 3.63) is 28.3 Å². The van der Waals surface area contributed by atoms with Gasteiger partial charge >= 0.3 is 5.69 Å². The first-order chi connectivity index (χ1) is 9.71. The summed E-state index contributed by atoms with van der Waals surface area (Å²) < 4.78 is 28.2. The molecule has 1 N–H and O–H groups in total. The molecule has 0 saturated carbocycles. The van der Waals surface area contributed by atoms with Crippen LogP contribution in [-0.2, 0) is 9.84 Å². The number of nitrogens with zero attached hydrogens (tertiary/aromatic N) is 1. The number of benzene rings is 1. The molecule has 0 aromatic heterocycles. The molecule has 0 atom stereocenters. The molecule has 1 aromatic rings. The van der Waals surface area contributed by atoms with Crippen molar-refractivity contribution in [2.24, 2.45) is 0 Å². The van der Waals surface area contributed by atoms with Crippen LogP contribution in [0.3, 0.4) is 0 Å². The zero-order chi connectivity index (χ0) is 16.0. The molecule has 0 spiro atoms. The lowest BCUT2D eigenvalue weighted by atomic mass is 10.3. The Morgan fingerprint density at radius 3 is 2.57 bits per heavy atom. The molecule has 0 amide bonds. The Bertz CT molecular complexity index is 599. The number of nitrogens with one attached hydrogen (secondary N) is 1. The van der Waals surface area contributed by atoms with Crippen molar-refractivity contribution in [1.82, 2.24) is 5.32 Å². The van der Waals surface area contributed by atoms with Gasteiger partial charge in [-0.25, -0.2) is 8.42 Å². The second-order valence-corrected chi connectivity index (χ2v) is 6.99. The second-order valence-electron chi connectivity index (χ2n) is 4.97. The number of hydrogen-bond acceptors (Lipinski definition) is 6. The fourth-order valence-corrected chi connectivity index (χ4v) is 2.28. The third-order valence-corrected chi connectivity index (χ3v) is 3.80. The highest BCUT2D eigenvalue weighted by Crippen LogP contribution is 2.29. The average molecular weight is 316 g/mol. The van der Waals surface area contributed by atoms with Gasteiger partial charge in [0.15, 0.2) is 15.6 Å². The van der Waals surface area contributed by atoms with E-state index in [-0.39, 0.29) is 16.3 Å². The van der Waals surface area contributed by atoms with E-state index in [4.69, 9.17) is 4.74 Å². The Labute approximate surface area is 124 Å². The van der Waals surface area contributed by atoms with E-state index >= 15 is 0 Å². The first-order valence-electron chi connectivity index (χ1n) is 6.56. The third-order valence-electron chi connectivity index (χ3n) is 2.69. The molecular weight excluding hydrogens is 296 g/mol. The molecular formula is C13H20N2O5S. The van der Waals surface area contributed by atoms with Crippen LogP contribution in [-0.4, -0.2) is 38.8 Å². The van der Waals surface area contributed by atoms with Crippen molar-refractivity contribution >= 4 is 15.5 Å². The molecule has 118 valence electrons. The lowest BCUT2D eigenvalue weighted by molar-refractivity contribution is -0.386. The van der Waals surface area contributed by atoms with Gasteiger partial charge in [0.25, 0.3) is 0 Å². The van der Waals surface area contributed by atoms with Crippen molar-refractivity contribution in [1.29, 1.82) is 0 Å². The van der Waals surface area contributed by atoms with Crippen molar-refractivity contribution < 1.29 is 18.1 Å². The SMILES string of the molecule is CC(C)NCCCOc1ccc(S(C)(=O)=O)cc1[N+](=O)[O-]. The largest absolute Gasteiger partial charge is 0.487 e. The summed E-state index contributed by atoms with van der Waals surface area (Å²) in [5, 5.41) is 14.2. The third kappa shape index (κ3) is 5.68. The van der Waals surface area contributed by atoms with Crippen LogP contribution in [0, 0.1) is 10.1 Å². The maximum atomic E-state index is 11.4. The summed E-state index contributed by atoms with van der Waals surface area (Å²) in [4.78, 5) is 10.3. The van der Waals surface area contributed by atoms with Crippen LogP contribution in [0.5, 0.6) is 5.75 Å². The van der Waals surface area contributed by atoms with Gasteiger partial charge in [-0.2, -0.15) is 0 Å². The zero-order valence-corrected chi connectivity index (χ0v) is 13.1. The van der Waals surface area contributed by atoms with Gasteiger partial charge in [0.05, 0.1) is 16.4 Å². The van der Waals surface area contributed by atoms with E-state index in [9.17, 15) is 18.5 Å². The standard InChI is InChI=1S/C13H20N2O5S/c1-10(2)14-7-4-8-20-13-6-5-11(21(3,18)19)9-12(13)15(16)17/h5-6,9-10,14H,4,7-8H2,1-3H3. The molecule has 0 aliphatic carbocycles. The lowest BCUT2D eigenvalue weighted by Crippen LogP contribution is -2.24. The maximum Gasteiger partial charge on any atom is 0.312 e. The molecule has 0 heterocycles. The number of ether oxygens (including phenoxy) is 1. The van der Waals surface area contributed by atoms with Crippen molar-refractivity contribution in [3.8, 4) is 5.75 Å². The first-order valence-corrected chi connectivity index (χ1v) is 8.45. The fraction of sp³-hybridized carbons (Fsp3) is 0.538. The molecule has 1 rings (SSSR count). The summed E-state index contributed by atoms with van der Waals surface area (Å²) >= 11 is 0. The Balaban J connectivity index is 2.76. The molecule has 8 heteroatoms. The minimum absolute atomic E-state index is 0.0805.